The summed E-state index contributed by atoms with van der Waals surface area (Å²) in [5.74, 6) is 0.698. The quantitative estimate of drug-likeness (QED) is 0.825. The minimum absolute atomic E-state index is 0.169. The molecule has 2 heterocycles. The maximum atomic E-state index is 5.71. The van der Waals surface area contributed by atoms with Gasteiger partial charge in [0.05, 0.1) is 10.2 Å². The molecule has 0 spiro atoms. The van der Waals surface area contributed by atoms with Gasteiger partial charge in [0.1, 0.15) is 6.23 Å². The first kappa shape index (κ1) is 9.85. The lowest BCUT2D eigenvalue weighted by Gasteiger charge is -2.22. The SMILES string of the molecule is Brc1cn(C2CCCCO2)nc1C1CC1. The van der Waals surface area contributed by atoms with Gasteiger partial charge in [0.2, 0.25) is 0 Å². The number of hydrogen-bond acceptors (Lipinski definition) is 2. The summed E-state index contributed by atoms with van der Waals surface area (Å²) in [6.07, 6.45) is 8.36. The average molecular weight is 271 g/mol. The van der Waals surface area contributed by atoms with Crippen molar-refractivity contribution in [3.63, 3.8) is 0 Å². The van der Waals surface area contributed by atoms with Crippen LogP contribution in [0.25, 0.3) is 0 Å². The standard InChI is InChI=1S/C11H15BrN2O/c12-9-7-14(10-3-1-2-6-15-10)13-11(9)8-4-5-8/h7-8,10H,1-6H2. The highest BCUT2D eigenvalue weighted by Crippen LogP contribution is 2.42. The van der Waals surface area contributed by atoms with Gasteiger partial charge in [-0.3, -0.25) is 0 Å². The maximum absolute atomic E-state index is 5.71. The fraction of sp³-hybridized carbons (Fsp3) is 0.727. The highest BCUT2D eigenvalue weighted by molar-refractivity contribution is 9.10. The Morgan fingerprint density at radius 2 is 2.20 bits per heavy atom. The topological polar surface area (TPSA) is 27.1 Å². The van der Waals surface area contributed by atoms with Gasteiger partial charge >= 0.3 is 0 Å². The predicted molar refractivity (Wildman–Crippen MR) is 60.7 cm³/mol. The Hall–Kier alpha value is -0.350. The van der Waals surface area contributed by atoms with E-state index >= 15 is 0 Å². The summed E-state index contributed by atoms with van der Waals surface area (Å²) in [4.78, 5) is 0. The van der Waals surface area contributed by atoms with Crippen molar-refractivity contribution in [2.45, 2.75) is 44.2 Å². The average Bonchev–Trinajstić information content (AvgIpc) is 3.04. The molecule has 1 saturated carbocycles. The Labute approximate surface area is 97.9 Å². The highest BCUT2D eigenvalue weighted by Gasteiger charge is 2.29. The Morgan fingerprint density at radius 1 is 1.33 bits per heavy atom. The van der Waals surface area contributed by atoms with Gasteiger partial charge in [-0.15, -0.1) is 0 Å². The summed E-state index contributed by atoms with van der Waals surface area (Å²) < 4.78 is 8.86. The third-order valence-corrected chi connectivity index (χ3v) is 3.74. The van der Waals surface area contributed by atoms with E-state index in [1.807, 2.05) is 4.68 Å². The molecule has 2 aliphatic rings. The Bertz CT molecular complexity index is 353. The number of hydrogen-bond donors (Lipinski definition) is 0. The predicted octanol–water partition coefficient (Wildman–Crippen LogP) is 3.22. The molecule has 1 atom stereocenters. The Morgan fingerprint density at radius 3 is 2.87 bits per heavy atom. The van der Waals surface area contributed by atoms with Crippen LogP contribution in [0.2, 0.25) is 0 Å². The minimum atomic E-state index is 0.169. The van der Waals surface area contributed by atoms with E-state index in [0.29, 0.717) is 5.92 Å². The van der Waals surface area contributed by atoms with Crippen molar-refractivity contribution in [3.05, 3.63) is 16.4 Å². The van der Waals surface area contributed by atoms with Crippen molar-refractivity contribution in [2.24, 2.45) is 0 Å². The summed E-state index contributed by atoms with van der Waals surface area (Å²) in [6, 6.07) is 0. The van der Waals surface area contributed by atoms with E-state index in [1.165, 1.54) is 31.4 Å². The first-order valence-corrected chi connectivity index (χ1v) is 6.50. The van der Waals surface area contributed by atoms with Gasteiger partial charge in [0, 0.05) is 18.7 Å². The van der Waals surface area contributed by atoms with E-state index in [9.17, 15) is 0 Å². The first-order chi connectivity index (χ1) is 7.34. The van der Waals surface area contributed by atoms with E-state index in [0.717, 1.165) is 17.5 Å². The lowest BCUT2D eigenvalue weighted by molar-refractivity contribution is -0.0397. The van der Waals surface area contributed by atoms with E-state index in [2.05, 4.69) is 27.2 Å². The lowest BCUT2D eigenvalue weighted by Crippen LogP contribution is -2.18. The maximum Gasteiger partial charge on any atom is 0.150 e. The third kappa shape index (κ3) is 1.97. The monoisotopic (exact) mass is 270 g/mol. The first-order valence-electron chi connectivity index (χ1n) is 5.71. The summed E-state index contributed by atoms with van der Waals surface area (Å²) >= 11 is 3.59. The fourth-order valence-electron chi connectivity index (χ4n) is 2.10. The van der Waals surface area contributed by atoms with E-state index in [1.54, 1.807) is 0 Å². The zero-order valence-electron chi connectivity index (χ0n) is 8.66. The summed E-state index contributed by atoms with van der Waals surface area (Å²) in [7, 11) is 0. The molecule has 1 saturated heterocycles. The molecule has 1 unspecified atom stereocenters. The van der Waals surface area contributed by atoms with Crippen LogP contribution >= 0.6 is 15.9 Å². The van der Waals surface area contributed by atoms with Crippen molar-refractivity contribution >= 4 is 15.9 Å². The van der Waals surface area contributed by atoms with Crippen LogP contribution in [0.15, 0.2) is 10.7 Å². The van der Waals surface area contributed by atoms with Crippen molar-refractivity contribution in [1.82, 2.24) is 9.78 Å². The molecule has 15 heavy (non-hydrogen) atoms. The van der Waals surface area contributed by atoms with Gasteiger partial charge in [-0.1, -0.05) is 0 Å². The molecule has 0 N–H and O–H groups in total. The van der Waals surface area contributed by atoms with E-state index in [-0.39, 0.29) is 6.23 Å². The summed E-state index contributed by atoms with van der Waals surface area (Å²) in [6.45, 7) is 0.876. The molecule has 82 valence electrons. The zero-order chi connectivity index (χ0) is 10.3. The normalized spacial score (nSPS) is 26.9. The van der Waals surface area contributed by atoms with Gasteiger partial charge in [0.15, 0.2) is 0 Å². The van der Waals surface area contributed by atoms with Gasteiger partial charge in [-0.25, -0.2) is 4.68 Å². The van der Waals surface area contributed by atoms with Crippen LogP contribution in [0.1, 0.15) is 49.9 Å². The Kier molecular flexibility index (Phi) is 2.56. The molecule has 3 nitrogen and oxygen atoms in total. The number of rotatable bonds is 2. The van der Waals surface area contributed by atoms with Crippen molar-refractivity contribution < 1.29 is 4.74 Å². The molecule has 1 aliphatic carbocycles. The molecule has 0 bridgehead atoms. The molecule has 1 aromatic heterocycles. The zero-order valence-corrected chi connectivity index (χ0v) is 10.2. The van der Waals surface area contributed by atoms with Crippen LogP contribution in [0, 0.1) is 0 Å². The van der Waals surface area contributed by atoms with Gasteiger partial charge in [-0.2, -0.15) is 5.10 Å². The lowest BCUT2D eigenvalue weighted by atomic mass is 10.2. The molecule has 0 aromatic carbocycles. The molecule has 1 aliphatic heterocycles. The molecular formula is C11H15BrN2O. The minimum Gasteiger partial charge on any atom is -0.357 e. The summed E-state index contributed by atoms with van der Waals surface area (Å²) in [5, 5.41) is 4.64. The van der Waals surface area contributed by atoms with Crippen LogP contribution in [0.4, 0.5) is 0 Å². The molecule has 0 radical (unpaired) electrons. The van der Waals surface area contributed by atoms with Gasteiger partial charge < -0.3 is 4.74 Å². The van der Waals surface area contributed by atoms with Crippen LogP contribution in [-0.2, 0) is 4.74 Å². The number of nitrogens with zero attached hydrogens (tertiary/aromatic N) is 2. The fourth-order valence-corrected chi connectivity index (χ4v) is 2.71. The molecule has 4 heteroatoms. The molecule has 0 amide bonds. The molecule has 3 rings (SSSR count). The van der Waals surface area contributed by atoms with Crippen LogP contribution in [-0.4, -0.2) is 16.4 Å². The van der Waals surface area contributed by atoms with Crippen LogP contribution in [0.3, 0.4) is 0 Å². The van der Waals surface area contributed by atoms with E-state index in [4.69, 9.17) is 4.74 Å². The number of ether oxygens (including phenoxy) is 1. The van der Waals surface area contributed by atoms with Crippen molar-refractivity contribution in [1.29, 1.82) is 0 Å². The smallest absolute Gasteiger partial charge is 0.150 e. The van der Waals surface area contributed by atoms with Crippen LogP contribution in [0.5, 0.6) is 0 Å². The Balaban J connectivity index is 1.81. The van der Waals surface area contributed by atoms with Gasteiger partial charge in [-0.05, 0) is 48.0 Å². The van der Waals surface area contributed by atoms with E-state index < -0.39 is 0 Å². The second-order valence-corrected chi connectivity index (χ2v) is 5.29. The third-order valence-electron chi connectivity index (χ3n) is 3.13. The second-order valence-electron chi connectivity index (χ2n) is 4.44. The van der Waals surface area contributed by atoms with Crippen molar-refractivity contribution in [2.75, 3.05) is 6.61 Å². The summed E-state index contributed by atoms with van der Waals surface area (Å²) in [5.41, 5.74) is 1.23. The molecule has 1 aromatic rings. The highest BCUT2D eigenvalue weighted by atomic mass is 79.9. The van der Waals surface area contributed by atoms with Gasteiger partial charge in [0.25, 0.3) is 0 Å². The number of aromatic nitrogens is 2. The largest absolute Gasteiger partial charge is 0.357 e. The van der Waals surface area contributed by atoms with Crippen LogP contribution < -0.4 is 0 Å². The second kappa shape index (κ2) is 3.91. The molecule has 2 fully saturated rings. The molecular weight excluding hydrogens is 256 g/mol. The number of halogens is 1. The van der Waals surface area contributed by atoms with Crippen molar-refractivity contribution in [3.8, 4) is 0 Å².